The summed E-state index contributed by atoms with van der Waals surface area (Å²) in [7, 11) is -4.00. The maximum absolute atomic E-state index is 12.9. The van der Waals surface area contributed by atoms with E-state index in [1.54, 1.807) is 23.1 Å². The molecule has 0 saturated carbocycles. The highest BCUT2D eigenvalue weighted by Gasteiger charge is 2.20. The van der Waals surface area contributed by atoms with Crippen LogP contribution in [0, 0.1) is 5.82 Å². The molecule has 1 aromatic carbocycles. The maximum Gasteiger partial charge on any atom is 0.282 e. The van der Waals surface area contributed by atoms with Crippen molar-refractivity contribution in [3.8, 4) is 0 Å². The third kappa shape index (κ3) is 2.94. The fourth-order valence-electron chi connectivity index (χ4n) is 1.95. The number of allylic oxidation sites excluding steroid dienone is 5. The lowest BCUT2D eigenvalue weighted by molar-refractivity contribution is -0.323. The van der Waals surface area contributed by atoms with E-state index in [4.69, 9.17) is 0 Å². The largest absolute Gasteiger partial charge is 0.860 e. The number of halogens is 1. The Morgan fingerprint density at radius 1 is 1.14 bits per heavy atom. The number of nitrogens with zero attached hydrogens (tertiary/aromatic N) is 2. The lowest BCUT2D eigenvalue weighted by Gasteiger charge is -2.20. The summed E-state index contributed by atoms with van der Waals surface area (Å²) in [5, 5.41) is 12.1. The lowest BCUT2D eigenvalue weighted by atomic mass is 10.1. The molecule has 22 heavy (non-hydrogen) atoms. The Morgan fingerprint density at radius 3 is 2.41 bits per heavy atom. The molecule has 1 aliphatic heterocycles. The molecule has 1 heterocycles. The number of sulfonamides is 1. The van der Waals surface area contributed by atoms with E-state index in [0.29, 0.717) is 13.1 Å². The molecule has 2 aliphatic rings. The van der Waals surface area contributed by atoms with Crippen LogP contribution < -0.4 is 5.11 Å². The van der Waals surface area contributed by atoms with Gasteiger partial charge in [-0.15, -0.1) is 0 Å². The second-order valence-electron chi connectivity index (χ2n) is 4.83. The standard InChI is InChI=1S/C15H13FN2O3S/c16-11-5-7-12(8-6-11)22(20,21)17-14-4-2-1-3-13(14)15(19)18-9-10-18/h1-8,19H,9-10H2/p-1. The molecule has 114 valence electrons. The second kappa shape index (κ2) is 5.42. The summed E-state index contributed by atoms with van der Waals surface area (Å²) >= 11 is 0. The Balaban J connectivity index is 2.02. The van der Waals surface area contributed by atoms with Crippen molar-refractivity contribution in [3.63, 3.8) is 0 Å². The highest BCUT2D eigenvalue weighted by atomic mass is 32.2. The first kappa shape index (κ1) is 14.5. The highest BCUT2D eigenvalue weighted by Crippen LogP contribution is 2.21. The predicted molar refractivity (Wildman–Crippen MR) is 77.9 cm³/mol. The first-order chi connectivity index (χ1) is 10.5. The minimum absolute atomic E-state index is 0.0868. The van der Waals surface area contributed by atoms with E-state index in [1.807, 2.05) is 0 Å². The van der Waals surface area contributed by atoms with Gasteiger partial charge in [-0.05, 0) is 36.2 Å². The van der Waals surface area contributed by atoms with Gasteiger partial charge >= 0.3 is 0 Å². The van der Waals surface area contributed by atoms with Crippen LogP contribution in [0.5, 0.6) is 0 Å². The van der Waals surface area contributed by atoms with E-state index in [1.165, 1.54) is 6.08 Å². The topological polar surface area (TPSA) is 72.6 Å². The third-order valence-electron chi connectivity index (χ3n) is 3.20. The molecule has 1 saturated heterocycles. The van der Waals surface area contributed by atoms with Crippen molar-refractivity contribution >= 4 is 15.7 Å². The van der Waals surface area contributed by atoms with Crippen molar-refractivity contribution in [2.24, 2.45) is 4.40 Å². The summed E-state index contributed by atoms with van der Waals surface area (Å²) < 4.78 is 41.1. The van der Waals surface area contributed by atoms with Gasteiger partial charge in [0.1, 0.15) is 5.82 Å². The molecule has 1 aliphatic carbocycles. The second-order valence-corrected chi connectivity index (χ2v) is 6.43. The van der Waals surface area contributed by atoms with Crippen LogP contribution in [0.3, 0.4) is 0 Å². The average Bonchev–Trinajstić information content (AvgIpc) is 3.32. The SMILES string of the molecule is O=S(=O)(N=C1C=CC=CC1=C([O-])N1CC1)c1ccc(F)cc1. The van der Waals surface area contributed by atoms with Crippen molar-refractivity contribution in [1.82, 2.24) is 4.90 Å². The molecule has 0 spiro atoms. The van der Waals surface area contributed by atoms with E-state index in [0.717, 1.165) is 24.3 Å². The summed E-state index contributed by atoms with van der Waals surface area (Å²) in [5.41, 5.74) is 0.328. The van der Waals surface area contributed by atoms with E-state index in [-0.39, 0.29) is 22.1 Å². The summed E-state index contributed by atoms with van der Waals surface area (Å²) in [6.45, 7) is 1.33. The fourth-order valence-corrected chi connectivity index (χ4v) is 2.95. The summed E-state index contributed by atoms with van der Waals surface area (Å²) in [4.78, 5) is 1.46. The average molecular weight is 319 g/mol. The fraction of sp³-hybridized carbons (Fsp3) is 0.133. The van der Waals surface area contributed by atoms with E-state index < -0.39 is 15.8 Å². The Hall–Kier alpha value is -2.41. The maximum atomic E-state index is 12.9. The van der Waals surface area contributed by atoms with Crippen LogP contribution in [-0.4, -0.2) is 32.1 Å². The molecule has 0 radical (unpaired) electrons. The van der Waals surface area contributed by atoms with Crippen molar-refractivity contribution in [1.29, 1.82) is 0 Å². The van der Waals surface area contributed by atoms with Crippen LogP contribution in [0.4, 0.5) is 4.39 Å². The quantitative estimate of drug-likeness (QED) is 0.615. The van der Waals surface area contributed by atoms with Gasteiger partial charge in [-0.3, -0.25) is 0 Å². The van der Waals surface area contributed by atoms with Crippen LogP contribution in [0.25, 0.3) is 0 Å². The zero-order valence-corrected chi connectivity index (χ0v) is 12.3. The van der Waals surface area contributed by atoms with Gasteiger partial charge in [0.15, 0.2) is 0 Å². The van der Waals surface area contributed by atoms with Crippen molar-refractivity contribution < 1.29 is 17.9 Å². The van der Waals surface area contributed by atoms with Gasteiger partial charge in [-0.2, -0.15) is 12.8 Å². The Labute approximate surface area is 127 Å². The van der Waals surface area contributed by atoms with Gasteiger partial charge in [-0.25, -0.2) is 4.39 Å². The molecule has 0 unspecified atom stereocenters. The first-order valence-corrected chi connectivity index (χ1v) is 8.03. The van der Waals surface area contributed by atoms with Gasteiger partial charge < -0.3 is 10.0 Å². The molecular formula is C15H12FN2O3S-. The molecule has 0 amide bonds. The van der Waals surface area contributed by atoms with E-state index in [9.17, 15) is 17.9 Å². The minimum atomic E-state index is -4.00. The third-order valence-corrected chi connectivity index (χ3v) is 4.50. The Morgan fingerprint density at radius 2 is 1.77 bits per heavy atom. The Bertz CT molecular complexity index is 817. The molecule has 0 N–H and O–H groups in total. The van der Waals surface area contributed by atoms with Gasteiger partial charge in [0.25, 0.3) is 10.0 Å². The zero-order valence-electron chi connectivity index (χ0n) is 11.4. The van der Waals surface area contributed by atoms with Crippen molar-refractivity contribution in [3.05, 3.63) is 65.8 Å². The van der Waals surface area contributed by atoms with Crippen molar-refractivity contribution in [2.75, 3.05) is 13.1 Å². The molecule has 1 fully saturated rings. The Kier molecular flexibility index (Phi) is 3.58. The van der Waals surface area contributed by atoms with E-state index >= 15 is 0 Å². The van der Waals surface area contributed by atoms with Crippen LogP contribution in [0.2, 0.25) is 0 Å². The minimum Gasteiger partial charge on any atom is -0.860 e. The monoisotopic (exact) mass is 319 g/mol. The smallest absolute Gasteiger partial charge is 0.282 e. The van der Waals surface area contributed by atoms with Crippen LogP contribution in [0.15, 0.2) is 69.3 Å². The number of rotatable bonds is 3. The number of hydrogen-bond acceptors (Lipinski definition) is 4. The molecule has 7 heteroatoms. The molecule has 0 atom stereocenters. The van der Waals surface area contributed by atoms with Crippen molar-refractivity contribution in [2.45, 2.75) is 4.90 Å². The van der Waals surface area contributed by atoms with Gasteiger partial charge in [0, 0.05) is 18.7 Å². The lowest BCUT2D eigenvalue weighted by Crippen LogP contribution is -2.20. The van der Waals surface area contributed by atoms with Gasteiger partial charge in [0.2, 0.25) is 0 Å². The normalized spacial score (nSPS) is 21.3. The number of hydrogen-bond donors (Lipinski definition) is 0. The van der Waals surface area contributed by atoms with E-state index in [2.05, 4.69) is 4.40 Å². The van der Waals surface area contributed by atoms with Crippen LogP contribution >= 0.6 is 0 Å². The van der Waals surface area contributed by atoms with Crippen LogP contribution in [-0.2, 0) is 10.0 Å². The molecular weight excluding hydrogens is 307 g/mol. The van der Waals surface area contributed by atoms with Gasteiger partial charge in [-0.1, -0.05) is 18.2 Å². The summed E-state index contributed by atoms with van der Waals surface area (Å²) in [5.74, 6) is -0.773. The molecule has 0 aromatic heterocycles. The summed E-state index contributed by atoms with van der Waals surface area (Å²) in [6, 6.07) is 4.39. The first-order valence-electron chi connectivity index (χ1n) is 6.59. The van der Waals surface area contributed by atoms with Crippen LogP contribution in [0.1, 0.15) is 0 Å². The molecule has 5 nitrogen and oxygen atoms in total. The van der Waals surface area contributed by atoms with Gasteiger partial charge in [0.05, 0.1) is 10.6 Å². The molecule has 0 bridgehead atoms. The number of benzene rings is 1. The highest BCUT2D eigenvalue weighted by molar-refractivity contribution is 7.90. The molecule has 3 rings (SSSR count). The molecule has 1 aromatic rings. The summed E-state index contributed by atoms with van der Waals surface area (Å²) in [6.07, 6.45) is 6.27. The zero-order chi connectivity index (χ0) is 15.7. The predicted octanol–water partition coefficient (Wildman–Crippen LogP) is 0.969.